The molecule has 0 radical (unpaired) electrons. The maximum absolute atomic E-state index is 12.0. The van der Waals surface area contributed by atoms with Crippen LogP contribution >= 0.6 is 11.6 Å². The van der Waals surface area contributed by atoms with Gasteiger partial charge in [-0.3, -0.25) is 14.5 Å². The van der Waals surface area contributed by atoms with Crippen LogP contribution in [0.3, 0.4) is 0 Å². The van der Waals surface area contributed by atoms with E-state index in [1.807, 2.05) is 11.8 Å². The largest absolute Gasteiger partial charge is 0.481 e. The van der Waals surface area contributed by atoms with Crippen LogP contribution in [0.2, 0.25) is 5.02 Å². The third-order valence-electron chi connectivity index (χ3n) is 3.53. The van der Waals surface area contributed by atoms with Gasteiger partial charge in [-0.25, -0.2) is 0 Å². The summed E-state index contributed by atoms with van der Waals surface area (Å²) in [7, 11) is 0. The average molecular weight is 297 g/mol. The second kappa shape index (κ2) is 6.24. The zero-order valence-electron chi connectivity index (χ0n) is 11.2. The molecule has 1 aromatic carbocycles. The molecular formula is C14H17ClN2O3. The lowest BCUT2D eigenvalue weighted by Crippen LogP contribution is -2.32. The number of carboxylic acids is 1. The molecule has 1 heterocycles. The van der Waals surface area contributed by atoms with E-state index in [0.717, 1.165) is 5.56 Å². The molecule has 0 bridgehead atoms. The molecule has 5 nitrogen and oxygen atoms in total. The Morgan fingerprint density at radius 3 is 2.90 bits per heavy atom. The highest BCUT2D eigenvalue weighted by atomic mass is 35.5. The Balaban J connectivity index is 1.90. The molecule has 0 spiro atoms. The third-order valence-corrected chi connectivity index (χ3v) is 3.94. The maximum atomic E-state index is 12.0. The lowest BCUT2D eigenvalue weighted by Gasteiger charge is -2.15. The number of anilines is 1. The van der Waals surface area contributed by atoms with Crippen molar-refractivity contribution in [2.45, 2.75) is 13.3 Å². The Kier molecular flexibility index (Phi) is 4.62. The fraction of sp³-hybridized carbons (Fsp3) is 0.429. The Morgan fingerprint density at radius 2 is 2.25 bits per heavy atom. The van der Waals surface area contributed by atoms with Crippen molar-refractivity contribution in [2.24, 2.45) is 5.92 Å². The van der Waals surface area contributed by atoms with E-state index in [9.17, 15) is 9.59 Å². The monoisotopic (exact) mass is 296 g/mol. The van der Waals surface area contributed by atoms with Gasteiger partial charge in [-0.2, -0.15) is 0 Å². The summed E-state index contributed by atoms with van der Waals surface area (Å²) >= 11 is 5.99. The van der Waals surface area contributed by atoms with Gasteiger partial charge in [0.05, 0.1) is 12.5 Å². The number of hydrogen-bond donors (Lipinski definition) is 2. The highest BCUT2D eigenvalue weighted by molar-refractivity contribution is 6.31. The molecule has 1 aliphatic rings. The molecule has 1 aliphatic heterocycles. The van der Waals surface area contributed by atoms with E-state index >= 15 is 0 Å². The van der Waals surface area contributed by atoms with Crippen molar-refractivity contribution in [3.05, 3.63) is 28.8 Å². The molecule has 1 amide bonds. The molecule has 0 aromatic heterocycles. The highest BCUT2D eigenvalue weighted by Crippen LogP contribution is 2.23. The Morgan fingerprint density at radius 1 is 1.50 bits per heavy atom. The van der Waals surface area contributed by atoms with Crippen LogP contribution in [-0.4, -0.2) is 41.5 Å². The second-order valence-electron chi connectivity index (χ2n) is 5.02. The van der Waals surface area contributed by atoms with E-state index in [0.29, 0.717) is 30.2 Å². The number of nitrogens with one attached hydrogen (secondary N) is 1. The molecule has 1 fully saturated rings. The van der Waals surface area contributed by atoms with Gasteiger partial charge in [0.15, 0.2) is 0 Å². The van der Waals surface area contributed by atoms with Gasteiger partial charge < -0.3 is 10.4 Å². The quantitative estimate of drug-likeness (QED) is 0.891. The first-order valence-corrected chi connectivity index (χ1v) is 6.85. The molecule has 20 heavy (non-hydrogen) atoms. The van der Waals surface area contributed by atoms with Crippen LogP contribution < -0.4 is 5.32 Å². The van der Waals surface area contributed by atoms with Gasteiger partial charge >= 0.3 is 5.97 Å². The molecule has 1 aromatic rings. The number of benzene rings is 1. The summed E-state index contributed by atoms with van der Waals surface area (Å²) in [5.41, 5.74) is 1.52. The number of carbonyl (C=O) groups excluding carboxylic acids is 1. The number of carbonyl (C=O) groups is 2. The molecule has 6 heteroatoms. The summed E-state index contributed by atoms with van der Waals surface area (Å²) in [6, 6.07) is 5.34. The number of hydrogen-bond acceptors (Lipinski definition) is 3. The predicted octanol–water partition coefficient (Wildman–Crippen LogP) is 1.99. The number of rotatable bonds is 4. The summed E-state index contributed by atoms with van der Waals surface area (Å²) in [6.45, 7) is 3.11. The molecule has 1 atom stereocenters. The van der Waals surface area contributed by atoms with Gasteiger partial charge in [0.2, 0.25) is 5.91 Å². The lowest BCUT2D eigenvalue weighted by molar-refractivity contribution is -0.141. The van der Waals surface area contributed by atoms with Crippen LogP contribution in [0.15, 0.2) is 18.2 Å². The summed E-state index contributed by atoms with van der Waals surface area (Å²) in [4.78, 5) is 24.7. The zero-order valence-corrected chi connectivity index (χ0v) is 12.0. The van der Waals surface area contributed by atoms with Gasteiger partial charge in [0.1, 0.15) is 0 Å². The number of amides is 1. The maximum Gasteiger partial charge on any atom is 0.307 e. The molecule has 2 rings (SSSR count). The summed E-state index contributed by atoms with van der Waals surface area (Å²) in [5, 5.41) is 12.3. The lowest BCUT2D eigenvalue weighted by atomic mass is 10.1. The fourth-order valence-electron chi connectivity index (χ4n) is 2.31. The van der Waals surface area contributed by atoms with Gasteiger partial charge in [-0.1, -0.05) is 17.7 Å². The van der Waals surface area contributed by atoms with Crippen LogP contribution in [-0.2, 0) is 9.59 Å². The molecule has 1 unspecified atom stereocenters. The predicted molar refractivity (Wildman–Crippen MR) is 77.0 cm³/mol. The SMILES string of the molecule is Cc1c(Cl)cccc1NC(=O)CN1CCC(C(=O)O)C1. The molecular weight excluding hydrogens is 280 g/mol. The van der Waals surface area contributed by atoms with Crippen molar-refractivity contribution in [3.8, 4) is 0 Å². The normalized spacial score (nSPS) is 19.0. The number of likely N-dealkylation sites (tertiary alicyclic amines) is 1. The van der Waals surface area contributed by atoms with Crippen molar-refractivity contribution in [3.63, 3.8) is 0 Å². The van der Waals surface area contributed by atoms with Crippen LogP contribution in [0.25, 0.3) is 0 Å². The van der Waals surface area contributed by atoms with Crippen molar-refractivity contribution >= 4 is 29.2 Å². The van der Waals surface area contributed by atoms with Gasteiger partial charge in [0, 0.05) is 17.3 Å². The molecule has 0 aliphatic carbocycles. The molecule has 0 saturated carbocycles. The second-order valence-corrected chi connectivity index (χ2v) is 5.43. The highest BCUT2D eigenvalue weighted by Gasteiger charge is 2.28. The van der Waals surface area contributed by atoms with Gasteiger partial charge in [0.25, 0.3) is 0 Å². The minimum Gasteiger partial charge on any atom is -0.481 e. The first-order valence-electron chi connectivity index (χ1n) is 6.47. The van der Waals surface area contributed by atoms with E-state index in [1.54, 1.807) is 18.2 Å². The van der Waals surface area contributed by atoms with Crippen LogP contribution in [0, 0.1) is 12.8 Å². The first-order chi connectivity index (χ1) is 9.47. The first kappa shape index (κ1) is 14.8. The van der Waals surface area contributed by atoms with Crippen molar-refractivity contribution < 1.29 is 14.7 Å². The van der Waals surface area contributed by atoms with Crippen molar-refractivity contribution in [1.82, 2.24) is 4.90 Å². The average Bonchev–Trinajstić information content (AvgIpc) is 2.83. The van der Waals surface area contributed by atoms with Crippen LogP contribution in [0.5, 0.6) is 0 Å². The number of aliphatic carboxylic acids is 1. The van der Waals surface area contributed by atoms with E-state index in [4.69, 9.17) is 16.7 Å². The number of halogens is 1. The number of carboxylic acid groups (broad SMARTS) is 1. The van der Waals surface area contributed by atoms with Crippen molar-refractivity contribution in [2.75, 3.05) is 25.0 Å². The standard InChI is InChI=1S/C14H17ClN2O3/c1-9-11(15)3-2-4-12(9)16-13(18)8-17-6-5-10(7-17)14(19)20/h2-4,10H,5-8H2,1H3,(H,16,18)(H,19,20). The van der Waals surface area contributed by atoms with E-state index in [1.165, 1.54) is 0 Å². The van der Waals surface area contributed by atoms with E-state index < -0.39 is 5.97 Å². The van der Waals surface area contributed by atoms with Gasteiger partial charge in [-0.05, 0) is 37.6 Å². The fourth-order valence-corrected chi connectivity index (χ4v) is 2.49. The Bertz CT molecular complexity index is 533. The molecule has 2 N–H and O–H groups in total. The minimum absolute atomic E-state index is 0.151. The van der Waals surface area contributed by atoms with Crippen LogP contribution in [0.4, 0.5) is 5.69 Å². The molecule has 1 saturated heterocycles. The smallest absolute Gasteiger partial charge is 0.307 e. The molecule has 108 valence electrons. The summed E-state index contributed by atoms with van der Waals surface area (Å²) < 4.78 is 0. The van der Waals surface area contributed by atoms with Gasteiger partial charge in [-0.15, -0.1) is 0 Å². The summed E-state index contributed by atoms with van der Waals surface area (Å²) in [6.07, 6.45) is 0.596. The Hall–Kier alpha value is -1.59. The third kappa shape index (κ3) is 3.49. The van der Waals surface area contributed by atoms with Crippen LogP contribution in [0.1, 0.15) is 12.0 Å². The zero-order chi connectivity index (χ0) is 14.7. The van der Waals surface area contributed by atoms with E-state index in [2.05, 4.69) is 5.32 Å². The summed E-state index contributed by atoms with van der Waals surface area (Å²) in [5.74, 6) is -1.31. The Labute approximate surface area is 122 Å². The van der Waals surface area contributed by atoms with E-state index in [-0.39, 0.29) is 18.4 Å². The van der Waals surface area contributed by atoms with Crippen molar-refractivity contribution in [1.29, 1.82) is 0 Å². The number of nitrogens with zero attached hydrogens (tertiary/aromatic N) is 1. The topological polar surface area (TPSA) is 69.6 Å². The minimum atomic E-state index is -0.793.